The van der Waals surface area contributed by atoms with Gasteiger partial charge in [-0.1, -0.05) is 93.4 Å². The van der Waals surface area contributed by atoms with Gasteiger partial charge in [0.05, 0.1) is 0 Å². The lowest BCUT2D eigenvalue weighted by molar-refractivity contribution is 0.568. The second kappa shape index (κ2) is 8.87. The minimum absolute atomic E-state index is 0.132. The lowest BCUT2D eigenvalue weighted by Gasteiger charge is -2.29. The maximum atomic E-state index is 14.5. The Morgan fingerprint density at radius 3 is 1.85 bits per heavy atom. The lowest BCUT2D eigenvalue weighted by Crippen LogP contribution is -2.01. The number of hydrogen-bond donors (Lipinski definition) is 0. The molecule has 0 N–H and O–H groups in total. The third-order valence-electron chi connectivity index (χ3n) is 5.82. The molecule has 0 radical (unpaired) electrons. The van der Waals surface area contributed by atoms with Crippen molar-refractivity contribution in [1.29, 1.82) is 0 Å². The predicted octanol–water partition coefficient (Wildman–Crippen LogP) is 8.11. The third kappa shape index (κ3) is 3.89. The molecule has 0 saturated carbocycles. The first-order valence-electron chi connectivity index (χ1n) is 10.1. The molecule has 0 aromatic heterocycles. The zero-order valence-electron chi connectivity index (χ0n) is 15.9. The fourth-order valence-electron chi connectivity index (χ4n) is 4.41. The van der Waals surface area contributed by atoms with Gasteiger partial charge in [-0.3, -0.25) is 0 Å². The highest BCUT2D eigenvalue weighted by atomic mass is 31.2. The Balaban J connectivity index is 1.91. The first-order valence-corrected chi connectivity index (χ1v) is 11.9. The standard InChI is InChI=1S/C24H31OP/c1-3-4-5-8-13-20(2)26(25)23(21-14-9-6-10-15-21)18-19-24(26)22-16-11-7-12-17-22/h6-7,9-12,14-17,23-24H,2-5,8,13,18-19H2,1H3/t23-,24-/m1/s1. The van der Waals surface area contributed by atoms with E-state index in [1.165, 1.54) is 30.4 Å². The average molecular weight is 366 g/mol. The fourth-order valence-corrected chi connectivity index (χ4v) is 8.53. The van der Waals surface area contributed by atoms with Crippen LogP contribution in [0.3, 0.4) is 0 Å². The van der Waals surface area contributed by atoms with Gasteiger partial charge < -0.3 is 4.57 Å². The van der Waals surface area contributed by atoms with Crippen LogP contribution in [0.25, 0.3) is 0 Å². The number of hydrogen-bond acceptors (Lipinski definition) is 1. The van der Waals surface area contributed by atoms with E-state index in [1.54, 1.807) is 0 Å². The van der Waals surface area contributed by atoms with Gasteiger partial charge in [0.15, 0.2) is 0 Å². The summed E-state index contributed by atoms with van der Waals surface area (Å²) in [6, 6.07) is 20.9. The van der Waals surface area contributed by atoms with Crippen LogP contribution in [0.1, 0.15) is 74.3 Å². The summed E-state index contributed by atoms with van der Waals surface area (Å²) in [7, 11) is -2.57. The molecule has 3 rings (SSSR count). The van der Waals surface area contributed by atoms with Crippen molar-refractivity contribution >= 4 is 7.14 Å². The molecule has 0 bridgehead atoms. The van der Waals surface area contributed by atoms with Crippen LogP contribution < -0.4 is 0 Å². The van der Waals surface area contributed by atoms with Gasteiger partial charge in [0, 0.05) is 11.3 Å². The van der Waals surface area contributed by atoms with Gasteiger partial charge in [-0.25, -0.2) is 0 Å². The van der Waals surface area contributed by atoms with Gasteiger partial charge >= 0.3 is 0 Å². The summed E-state index contributed by atoms with van der Waals surface area (Å²) in [5, 5.41) is 1.02. The number of benzene rings is 2. The van der Waals surface area contributed by atoms with Crippen molar-refractivity contribution in [2.45, 2.75) is 63.2 Å². The summed E-state index contributed by atoms with van der Waals surface area (Å²) < 4.78 is 14.5. The van der Waals surface area contributed by atoms with Crippen LogP contribution in [0, 0.1) is 0 Å². The molecule has 1 aliphatic heterocycles. The minimum atomic E-state index is -2.57. The highest BCUT2D eigenvalue weighted by Crippen LogP contribution is 2.80. The van der Waals surface area contributed by atoms with E-state index in [0.717, 1.165) is 31.0 Å². The van der Waals surface area contributed by atoms with E-state index in [2.05, 4.69) is 62.0 Å². The van der Waals surface area contributed by atoms with Crippen molar-refractivity contribution in [3.63, 3.8) is 0 Å². The topological polar surface area (TPSA) is 17.1 Å². The van der Waals surface area contributed by atoms with Crippen LogP contribution in [-0.2, 0) is 4.57 Å². The smallest absolute Gasteiger partial charge is 0.125 e. The Kier molecular flexibility index (Phi) is 6.54. The molecular formula is C24H31OP. The van der Waals surface area contributed by atoms with Crippen molar-refractivity contribution in [2.24, 2.45) is 0 Å². The highest BCUT2D eigenvalue weighted by Gasteiger charge is 2.48. The maximum Gasteiger partial charge on any atom is 0.125 e. The monoisotopic (exact) mass is 366 g/mol. The van der Waals surface area contributed by atoms with Crippen LogP contribution in [0.15, 0.2) is 72.6 Å². The molecular weight excluding hydrogens is 335 g/mol. The molecule has 1 saturated heterocycles. The van der Waals surface area contributed by atoms with E-state index in [9.17, 15) is 4.57 Å². The second-order valence-electron chi connectivity index (χ2n) is 7.52. The van der Waals surface area contributed by atoms with Crippen LogP contribution in [0.5, 0.6) is 0 Å². The van der Waals surface area contributed by atoms with Crippen LogP contribution in [0.2, 0.25) is 0 Å². The highest BCUT2D eigenvalue weighted by molar-refractivity contribution is 7.69. The summed E-state index contributed by atoms with van der Waals surface area (Å²) in [5.74, 6) is 0. The van der Waals surface area contributed by atoms with Crippen molar-refractivity contribution < 1.29 is 4.57 Å². The molecule has 1 heterocycles. The summed E-state index contributed by atoms with van der Waals surface area (Å²) in [6.07, 6.45) is 7.69. The molecule has 1 nitrogen and oxygen atoms in total. The minimum Gasteiger partial charge on any atom is -0.318 e. The molecule has 2 aromatic rings. The molecule has 0 aliphatic carbocycles. The van der Waals surface area contributed by atoms with Crippen molar-refractivity contribution in [2.75, 3.05) is 0 Å². The van der Waals surface area contributed by atoms with Crippen LogP contribution in [-0.4, -0.2) is 0 Å². The van der Waals surface area contributed by atoms with E-state index < -0.39 is 7.14 Å². The Hall–Kier alpha value is -1.59. The van der Waals surface area contributed by atoms with Crippen molar-refractivity contribution in [1.82, 2.24) is 0 Å². The third-order valence-corrected chi connectivity index (χ3v) is 10.00. The van der Waals surface area contributed by atoms with E-state index in [0.29, 0.717) is 0 Å². The Labute approximate surface area is 158 Å². The van der Waals surface area contributed by atoms with Gasteiger partial charge in [0.1, 0.15) is 7.14 Å². The maximum absolute atomic E-state index is 14.5. The predicted molar refractivity (Wildman–Crippen MR) is 113 cm³/mol. The number of allylic oxidation sites excluding steroid dienone is 1. The van der Waals surface area contributed by atoms with Gasteiger partial charge in [0.2, 0.25) is 0 Å². The Morgan fingerprint density at radius 2 is 1.38 bits per heavy atom. The van der Waals surface area contributed by atoms with Crippen LogP contribution in [0.4, 0.5) is 0 Å². The number of rotatable bonds is 8. The zero-order chi connectivity index (χ0) is 18.4. The average Bonchev–Trinajstić information content (AvgIpc) is 3.05. The summed E-state index contributed by atoms with van der Waals surface area (Å²) in [5.41, 5.74) is 2.72. The first-order chi connectivity index (χ1) is 12.7. The molecule has 2 aromatic carbocycles. The molecule has 0 amide bonds. The molecule has 2 heteroatoms. The molecule has 138 valence electrons. The Bertz CT molecular complexity index is 699. The van der Waals surface area contributed by atoms with Gasteiger partial charge in [-0.2, -0.15) is 0 Å². The van der Waals surface area contributed by atoms with E-state index in [1.807, 2.05) is 12.1 Å². The van der Waals surface area contributed by atoms with Gasteiger partial charge in [-0.05, 0) is 42.1 Å². The summed E-state index contributed by atoms with van der Waals surface area (Å²) in [6.45, 7) is 6.62. The largest absolute Gasteiger partial charge is 0.318 e. The summed E-state index contributed by atoms with van der Waals surface area (Å²) >= 11 is 0. The van der Waals surface area contributed by atoms with Crippen molar-refractivity contribution in [3.05, 3.63) is 83.7 Å². The van der Waals surface area contributed by atoms with E-state index in [4.69, 9.17) is 0 Å². The normalized spacial score (nSPS) is 21.6. The lowest BCUT2D eigenvalue weighted by atomic mass is 10.0. The number of unbranched alkanes of at least 4 members (excludes halogenated alkanes) is 3. The molecule has 2 atom stereocenters. The van der Waals surface area contributed by atoms with E-state index in [-0.39, 0.29) is 11.3 Å². The zero-order valence-corrected chi connectivity index (χ0v) is 16.8. The van der Waals surface area contributed by atoms with Gasteiger partial charge in [-0.15, -0.1) is 0 Å². The SMILES string of the molecule is C=C(CCCCCC)P1(=O)[C@@H](c2ccccc2)CC[C@@H]1c1ccccc1. The summed E-state index contributed by atoms with van der Waals surface area (Å²) in [4.78, 5) is 0. The second-order valence-corrected chi connectivity index (χ2v) is 10.8. The molecule has 1 aliphatic rings. The van der Waals surface area contributed by atoms with E-state index >= 15 is 0 Å². The Morgan fingerprint density at radius 1 is 0.885 bits per heavy atom. The van der Waals surface area contributed by atoms with Crippen LogP contribution >= 0.6 is 7.14 Å². The molecule has 0 spiro atoms. The van der Waals surface area contributed by atoms with Crippen molar-refractivity contribution in [3.8, 4) is 0 Å². The first kappa shape index (κ1) is 19.2. The molecule has 26 heavy (non-hydrogen) atoms. The molecule has 1 fully saturated rings. The fraction of sp³-hybridized carbons (Fsp3) is 0.417. The quantitative estimate of drug-likeness (QED) is 0.340. The van der Waals surface area contributed by atoms with Gasteiger partial charge in [0.25, 0.3) is 0 Å². The molecule has 0 unspecified atom stereocenters.